The van der Waals surface area contributed by atoms with E-state index in [-0.39, 0.29) is 4.90 Å². The van der Waals surface area contributed by atoms with Crippen molar-refractivity contribution in [2.24, 2.45) is 5.92 Å². The van der Waals surface area contributed by atoms with Crippen LogP contribution in [-0.2, 0) is 10.0 Å². The predicted octanol–water partition coefficient (Wildman–Crippen LogP) is 4.30. The summed E-state index contributed by atoms with van der Waals surface area (Å²) >= 11 is 9.95. The number of sulfonamides is 1. The molecule has 108 valence electrons. The van der Waals surface area contributed by atoms with E-state index < -0.39 is 10.0 Å². The number of benzene rings is 1. The molecular formula is C12H16Br3NO2S. The van der Waals surface area contributed by atoms with Gasteiger partial charge in [0.1, 0.15) is 0 Å². The van der Waals surface area contributed by atoms with E-state index in [1.807, 2.05) is 0 Å². The van der Waals surface area contributed by atoms with Crippen LogP contribution >= 0.6 is 47.8 Å². The summed E-state index contributed by atoms with van der Waals surface area (Å²) < 4.78 is 28.5. The Morgan fingerprint density at radius 1 is 1.32 bits per heavy atom. The van der Waals surface area contributed by atoms with Gasteiger partial charge in [0.25, 0.3) is 0 Å². The molecule has 0 radical (unpaired) electrons. The Morgan fingerprint density at radius 2 is 2.00 bits per heavy atom. The van der Waals surface area contributed by atoms with Gasteiger partial charge in [0.15, 0.2) is 0 Å². The Balaban J connectivity index is 2.83. The van der Waals surface area contributed by atoms with Gasteiger partial charge in [0, 0.05) is 20.8 Å². The summed E-state index contributed by atoms with van der Waals surface area (Å²) in [7, 11) is -3.48. The molecule has 1 rings (SSSR count). The number of alkyl halides is 1. The highest BCUT2D eigenvalue weighted by Gasteiger charge is 2.19. The first-order valence-electron chi connectivity index (χ1n) is 5.91. The van der Waals surface area contributed by atoms with Gasteiger partial charge in [-0.1, -0.05) is 45.2 Å². The van der Waals surface area contributed by atoms with E-state index in [0.29, 0.717) is 16.9 Å². The number of hydrogen-bond donors (Lipinski definition) is 1. The van der Waals surface area contributed by atoms with Crippen molar-refractivity contribution in [2.45, 2.75) is 24.7 Å². The van der Waals surface area contributed by atoms with E-state index in [1.54, 1.807) is 18.2 Å². The number of rotatable bonds is 7. The summed E-state index contributed by atoms with van der Waals surface area (Å²) in [6.07, 6.45) is 1.91. The molecule has 0 aliphatic rings. The molecule has 0 aliphatic heterocycles. The molecule has 1 unspecified atom stereocenters. The standard InChI is InChI=1S/C12H16Br3NO2S/c1-2-9(5-6-13)8-16-19(17,18)12-7-10(14)3-4-11(12)15/h3-4,7,9,16H,2,5-6,8H2,1H3. The molecule has 0 amide bonds. The van der Waals surface area contributed by atoms with Crippen LogP contribution in [-0.4, -0.2) is 20.3 Å². The normalized spacial score (nSPS) is 13.5. The van der Waals surface area contributed by atoms with Crippen LogP contribution in [0.4, 0.5) is 0 Å². The molecule has 0 aliphatic carbocycles. The molecule has 1 N–H and O–H groups in total. The molecule has 1 aromatic carbocycles. The maximum absolute atomic E-state index is 12.3. The van der Waals surface area contributed by atoms with Crippen molar-refractivity contribution in [3.8, 4) is 0 Å². The third-order valence-corrected chi connectivity index (χ3v) is 6.21. The lowest BCUT2D eigenvalue weighted by Crippen LogP contribution is -2.29. The van der Waals surface area contributed by atoms with Crippen molar-refractivity contribution < 1.29 is 8.42 Å². The van der Waals surface area contributed by atoms with Gasteiger partial charge in [-0.3, -0.25) is 0 Å². The lowest BCUT2D eigenvalue weighted by atomic mass is 10.0. The number of nitrogens with one attached hydrogen (secondary N) is 1. The van der Waals surface area contributed by atoms with E-state index in [2.05, 4.69) is 59.4 Å². The minimum absolute atomic E-state index is 0.260. The molecule has 0 bridgehead atoms. The fourth-order valence-electron chi connectivity index (χ4n) is 1.59. The van der Waals surface area contributed by atoms with Crippen molar-refractivity contribution in [3.05, 3.63) is 27.1 Å². The zero-order valence-electron chi connectivity index (χ0n) is 10.5. The maximum atomic E-state index is 12.3. The molecule has 1 atom stereocenters. The van der Waals surface area contributed by atoms with Crippen molar-refractivity contribution in [1.29, 1.82) is 0 Å². The van der Waals surface area contributed by atoms with Crippen molar-refractivity contribution >= 4 is 57.8 Å². The Hall–Kier alpha value is 0.570. The van der Waals surface area contributed by atoms with E-state index in [9.17, 15) is 8.42 Å². The number of halogens is 3. The quantitative estimate of drug-likeness (QED) is 0.595. The molecule has 0 spiro atoms. The van der Waals surface area contributed by atoms with Gasteiger partial charge in [-0.05, 0) is 46.5 Å². The number of hydrogen-bond acceptors (Lipinski definition) is 2. The average molecular weight is 478 g/mol. The zero-order chi connectivity index (χ0) is 14.5. The molecule has 19 heavy (non-hydrogen) atoms. The molecule has 0 fully saturated rings. The van der Waals surface area contributed by atoms with Gasteiger partial charge in [-0.2, -0.15) is 0 Å². The van der Waals surface area contributed by atoms with Crippen molar-refractivity contribution in [1.82, 2.24) is 4.72 Å². The highest BCUT2D eigenvalue weighted by Crippen LogP contribution is 2.25. The van der Waals surface area contributed by atoms with Gasteiger partial charge in [-0.15, -0.1) is 0 Å². The maximum Gasteiger partial charge on any atom is 0.241 e. The first-order chi connectivity index (χ1) is 8.90. The summed E-state index contributed by atoms with van der Waals surface area (Å²) in [6, 6.07) is 5.11. The largest absolute Gasteiger partial charge is 0.241 e. The summed E-state index contributed by atoms with van der Waals surface area (Å²) in [6.45, 7) is 2.53. The molecule has 0 heterocycles. The highest BCUT2D eigenvalue weighted by atomic mass is 79.9. The Bertz CT molecular complexity index is 520. The SMILES string of the molecule is CCC(CCBr)CNS(=O)(=O)c1cc(Br)ccc1Br. The summed E-state index contributed by atoms with van der Waals surface area (Å²) in [5.41, 5.74) is 0. The van der Waals surface area contributed by atoms with Gasteiger partial charge >= 0.3 is 0 Å². The molecular weight excluding hydrogens is 462 g/mol. The van der Waals surface area contributed by atoms with Gasteiger partial charge in [0.2, 0.25) is 10.0 Å². The third-order valence-electron chi connectivity index (χ3n) is 2.84. The van der Waals surface area contributed by atoms with E-state index >= 15 is 0 Å². The van der Waals surface area contributed by atoms with Crippen molar-refractivity contribution in [3.63, 3.8) is 0 Å². The van der Waals surface area contributed by atoms with Gasteiger partial charge < -0.3 is 0 Å². The minimum atomic E-state index is -3.48. The van der Waals surface area contributed by atoms with Crippen LogP contribution in [0.5, 0.6) is 0 Å². The summed E-state index contributed by atoms with van der Waals surface area (Å²) in [5, 5.41) is 0.883. The fraction of sp³-hybridized carbons (Fsp3) is 0.500. The van der Waals surface area contributed by atoms with Crippen LogP contribution < -0.4 is 4.72 Å². The van der Waals surface area contributed by atoms with Crippen LogP contribution in [0.25, 0.3) is 0 Å². The van der Waals surface area contributed by atoms with Crippen LogP contribution in [0.2, 0.25) is 0 Å². The Morgan fingerprint density at radius 3 is 2.58 bits per heavy atom. The molecule has 3 nitrogen and oxygen atoms in total. The van der Waals surface area contributed by atoms with Crippen LogP contribution in [0.15, 0.2) is 32.0 Å². The van der Waals surface area contributed by atoms with Gasteiger partial charge in [-0.25, -0.2) is 13.1 Å². The molecule has 7 heteroatoms. The van der Waals surface area contributed by atoms with E-state index in [0.717, 1.165) is 22.6 Å². The summed E-state index contributed by atoms with van der Waals surface area (Å²) in [5.74, 6) is 0.347. The van der Waals surface area contributed by atoms with Crippen LogP contribution in [0, 0.1) is 5.92 Å². The lowest BCUT2D eigenvalue weighted by molar-refractivity contribution is 0.483. The summed E-state index contributed by atoms with van der Waals surface area (Å²) in [4.78, 5) is 0.260. The predicted molar refractivity (Wildman–Crippen MR) is 89.2 cm³/mol. The first kappa shape index (κ1) is 17.6. The molecule has 0 aromatic heterocycles. The van der Waals surface area contributed by atoms with E-state index in [1.165, 1.54) is 0 Å². The van der Waals surface area contributed by atoms with Gasteiger partial charge in [0.05, 0.1) is 4.90 Å². The minimum Gasteiger partial charge on any atom is -0.211 e. The molecule has 1 aromatic rings. The van der Waals surface area contributed by atoms with Crippen LogP contribution in [0.1, 0.15) is 19.8 Å². The fourth-order valence-corrected chi connectivity index (χ4v) is 4.86. The second kappa shape index (κ2) is 8.12. The highest BCUT2D eigenvalue weighted by molar-refractivity contribution is 9.11. The molecule has 0 saturated carbocycles. The second-order valence-electron chi connectivity index (χ2n) is 4.18. The topological polar surface area (TPSA) is 46.2 Å². The average Bonchev–Trinajstić information content (AvgIpc) is 2.37. The Kier molecular flexibility index (Phi) is 7.53. The lowest BCUT2D eigenvalue weighted by Gasteiger charge is -2.15. The molecule has 0 saturated heterocycles. The van der Waals surface area contributed by atoms with E-state index in [4.69, 9.17) is 0 Å². The van der Waals surface area contributed by atoms with Crippen LogP contribution in [0.3, 0.4) is 0 Å². The van der Waals surface area contributed by atoms with Crippen molar-refractivity contribution in [2.75, 3.05) is 11.9 Å². The zero-order valence-corrected chi connectivity index (χ0v) is 16.1. The monoisotopic (exact) mass is 475 g/mol. The smallest absolute Gasteiger partial charge is 0.211 e. The first-order valence-corrected chi connectivity index (χ1v) is 10.1. The Labute approximate surface area is 140 Å². The second-order valence-corrected chi connectivity index (χ2v) is 8.48. The third kappa shape index (κ3) is 5.46.